The van der Waals surface area contributed by atoms with Crippen molar-refractivity contribution in [1.29, 1.82) is 0 Å². The SMILES string of the molecule is CC(CNC(C)C1(C)CC1)C(C)(C)C. The summed E-state index contributed by atoms with van der Waals surface area (Å²) in [4.78, 5) is 0. The van der Waals surface area contributed by atoms with Crippen molar-refractivity contribution in [1.82, 2.24) is 5.32 Å². The second kappa shape index (κ2) is 3.84. The van der Waals surface area contributed by atoms with E-state index in [1.165, 1.54) is 12.8 Å². The first-order chi connectivity index (χ1) is 6.26. The highest BCUT2D eigenvalue weighted by Crippen LogP contribution is 2.48. The van der Waals surface area contributed by atoms with Gasteiger partial charge in [-0.15, -0.1) is 0 Å². The zero-order chi connectivity index (χ0) is 11.0. The highest BCUT2D eigenvalue weighted by Gasteiger charge is 2.42. The maximum absolute atomic E-state index is 3.69. The van der Waals surface area contributed by atoms with E-state index in [2.05, 4.69) is 46.9 Å². The Hall–Kier alpha value is -0.0400. The molecule has 1 aliphatic carbocycles. The first kappa shape index (κ1) is 12.0. The first-order valence-corrected chi connectivity index (χ1v) is 5.99. The molecule has 0 saturated heterocycles. The molecule has 1 N–H and O–H groups in total. The van der Waals surface area contributed by atoms with Crippen molar-refractivity contribution in [2.75, 3.05) is 6.54 Å². The zero-order valence-corrected chi connectivity index (χ0v) is 10.8. The molecule has 84 valence electrons. The zero-order valence-electron chi connectivity index (χ0n) is 10.8. The van der Waals surface area contributed by atoms with E-state index in [0.717, 1.165) is 12.5 Å². The molecule has 14 heavy (non-hydrogen) atoms. The summed E-state index contributed by atoms with van der Waals surface area (Å²) < 4.78 is 0. The van der Waals surface area contributed by atoms with Crippen molar-refractivity contribution in [3.05, 3.63) is 0 Å². The molecule has 1 nitrogen and oxygen atoms in total. The lowest BCUT2D eigenvalue weighted by atomic mass is 9.82. The molecule has 0 aromatic rings. The Morgan fingerprint density at radius 1 is 1.21 bits per heavy atom. The second-order valence-electron chi connectivity index (χ2n) is 6.55. The fourth-order valence-electron chi connectivity index (χ4n) is 1.54. The van der Waals surface area contributed by atoms with Crippen molar-refractivity contribution in [3.8, 4) is 0 Å². The molecular weight excluding hydrogens is 170 g/mol. The maximum atomic E-state index is 3.69. The van der Waals surface area contributed by atoms with Gasteiger partial charge in [0.25, 0.3) is 0 Å². The summed E-state index contributed by atoms with van der Waals surface area (Å²) in [5, 5.41) is 3.69. The Labute approximate surface area is 89.7 Å². The van der Waals surface area contributed by atoms with Gasteiger partial charge in [-0.05, 0) is 43.1 Å². The minimum atomic E-state index is 0.428. The van der Waals surface area contributed by atoms with Crippen molar-refractivity contribution >= 4 is 0 Å². The van der Waals surface area contributed by atoms with Crippen LogP contribution in [0, 0.1) is 16.7 Å². The van der Waals surface area contributed by atoms with E-state index in [1.807, 2.05) is 0 Å². The van der Waals surface area contributed by atoms with Crippen molar-refractivity contribution in [2.24, 2.45) is 16.7 Å². The molecule has 0 radical (unpaired) electrons. The van der Waals surface area contributed by atoms with Gasteiger partial charge >= 0.3 is 0 Å². The Bertz CT molecular complexity index is 175. The summed E-state index contributed by atoms with van der Waals surface area (Å²) in [6, 6.07) is 0.687. The molecule has 1 aliphatic rings. The molecule has 1 rings (SSSR count). The molecule has 2 unspecified atom stereocenters. The molecule has 2 atom stereocenters. The fraction of sp³-hybridized carbons (Fsp3) is 1.00. The van der Waals surface area contributed by atoms with Crippen LogP contribution in [0.15, 0.2) is 0 Å². The van der Waals surface area contributed by atoms with E-state index in [0.29, 0.717) is 16.9 Å². The van der Waals surface area contributed by atoms with Crippen LogP contribution in [0.25, 0.3) is 0 Å². The maximum Gasteiger partial charge on any atom is 0.00926 e. The summed E-state index contributed by atoms with van der Waals surface area (Å²) in [5.41, 5.74) is 1.04. The topological polar surface area (TPSA) is 12.0 Å². The van der Waals surface area contributed by atoms with Crippen LogP contribution in [0.2, 0.25) is 0 Å². The normalized spacial score (nSPS) is 24.4. The number of hydrogen-bond donors (Lipinski definition) is 1. The summed E-state index contributed by atoms with van der Waals surface area (Å²) in [6.07, 6.45) is 2.82. The van der Waals surface area contributed by atoms with Gasteiger partial charge in [0.2, 0.25) is 0 Å². The average molecular weight is 197 g/mol. The van der Waals surface area contributed by atoms with Crippen molar-refractivity contribution in [2.45, 2.75) is 60.4 Å². The third-order valence-corrected chi connectivity index (χ3v) is 4.29. The molecule has 0 aromatic carbocycles. The minimum Gasteiger partial charge on any atom is -0.313 e. The van der Waals surface area contributed by atoms with Gasteiger partial charge in [0, 0.05) is 6.04 Å². The van der Waals surface area contributed by atoms with Gasteiger partial charge < -0.3 is 5.32 Å². The van der Waals surface area contributed by atoms with Gasteiger partial charge in [0.1, 0.15) is 0 Å². The van der Waals surface area contributed by atoms with Gasteiger partial charge in [-0.25, -0.2) is 0 Å². The largest absolute Gasteiger partial charge is 0.313 e. The Kier molecular flexibility index (Phi) is 3.30. The van der Waals surface area contributed by atoms with Crippen LogP contribution in [0.4, 0.5) is 0 Å². The lowest BCUT2D eigenvalue weighted by molar-refractivity contribution is 0.234. The van der Waals surface area contributed by atoms with E-state index in [-0.39, 0.29) is 0 Å². The van der Waals surface area contributed by atoms with Crippen LogP contribution in [0.3, 0.4) is 0 Å². The molecule has 0 amide bonds. The third-order valence-electron chi connectivity index (χ3n) is 4.29. The smallest absolute Gasteiger partial charge is 0.00926 e. The number of nitrogens with one attached hydrogen (secondary N) is 1. The van der Waals surface area contributed by atoms with E-state index in [1.54, 1.807) is 0 Å². The van der Waals surface area contributed by atoms with Crippen LogP contribution >= 0.6 is 0 Å². The first-order valence-electron chi connectivity index (χ1n) is 5.99. The lowest BCUT2D eigenvalue weighted by Gasteiger charge is -2.30. The van der Waals surface area contributed by atoms with Crippen LogP contribution in [0.5, 0.6) is 0 Å². The van der Waals surface area contributed by atoms with Crippen molar-refractivity contribution < 1.29 is 0 Å². The molecule has 0 aromatic heterocycles. The van der Waals surface area contributed by atoms with Gasteiger partial charge in [0.05, 0.1) is 0 Å². The summed E-state index contributed by atoms with van der Waals surface area (Å²) >= 11 is 0. The predicted octanol–water partition coefficient (Wildman–Crippen LogP) is 3.45. The standard InChI is InChI=1S/C13H27N/c1-10(12(3,4)5)9-14-11(2)13(6)7-8-13/h10-11,14H,7-9H2,1-6H3. The van der Waals surface area contributed by atoms with Gasteiger partial charge in [-0.1, -0.05) is 34.6 Å². The second-order valence-corrected chi connectivity index (χ2v) is 6.55. The Morgan fingerprint density at radius 2 is 1.71 bits per heavy atom. The monoisotopic (exact) mass is 197 g/mol. The molecular formula is C13H27N. The molecule has 0 aliphatic heterocycles. The molecule has 0 bridgehead atoms. The summed E-state index contributed by atoms with van der Waals surface area (Å²) in [6.45, 7) is 15.2. The van der Waals surface area contributed by atoms with Gasteiger partial charge in [-0.3, -0.25) is 0 Å². The summed E-state index contributed by atoms with van der Waals surface area (Å²) in [5.74, 6) is 0.743. The van der Waals surface area contributed by atoms with E-state index >= 15 is 0 Å². The molecule has 0 heterocycles. The Morgan fingerprint density at radius 3 is 2.07 bits per heavy atom. The third kappa shape index (κ3) is 2.98. The van der Waals surface area contributed by atoms with E-state index in [4.69, 9.17) is 0 Å². The van der Waals surface area contributed by atoms with Crippen LogP contribution in [-0.2, 0) is 0 Å². The fourth-order valence-corrected chi connectivity index (χ4v) is 1.54. The van der Waals surface area contributed by atoms with Crippen LogP contribution in [-0.4, -0.2) is 12.6 Å². The predicted molar refractivity (Wildman–Crippen MR) is 63.4 cm³/mol. The van der Waals surface area contributed by atoms with Gasteiger partial charge in [-0.2, -0.15) is 0 Å². The molecule has 1 heteroatoms. The molecule has 0 spiro atoms. The minimum absolute atomic E-state index is 0.428. The summed E-state index contributed by atoms with van der Waals surface area (Å²) in [7, 11) is 0. The van der Waals surface area contributed by atoms with E-state index in [9.17, 15) is 0 Å². The van der Waals surface area contributed by atoms with E-state index < -0.39 is 0 Å². The molecule has 1 saturated carbocycles. The quantitative estimate of drug-likeness (QED) is 0.728. The highest BCUT2D eigenvalue weighted by molar-refractivity contribution is 4.96. The number of rotatable bonds is 4. The highest BCUT2D eigenvalue weighted by atomic mass is 14.9. The lowest BCUT2D eigenvalue weighted by Crippen LogP contribution is -2.39. The molecule has 1 fully saturated rings. The van der Waals surface area contributed by atoms with Crippen LogP contribution in [0.1, 0.15) is 54.4 Å². The number of hydrogen-bond acceptors (Lipinski definition) is 1. The van der Waals surface area contributed by atoms with Crippen LogP contribution < -0.4 is 5.32 Å². The van der Waals surface area contributed by atoms with Gasteiger partial charge in [0.15, 0.2) is 0 Å². The van der Waals surface area contributed by atoms with Crippen molar-refractivity contribution in [3.63, 3.8) is 0 Å². The average Bonchev–Trinajstić information content (AvgIpc) is 2.78. The Balaban J connectivity index is 2.26.